The molecule has 4 rings (SSSR count). The largest absolute Gasteiger partial charge is 0.274 e. The number of fused-ring (bicyclic) bond motifs is 1. The van der Waals surface area contributed by atoms with Gasteiger partial charge < -0.3 is 0 Å². The predicted octanol–water partition coefficient (Wildman–Crippen LogP) is 4.60. The Morgan fingerprint density at radius 3 is 2.36 bits per heavy atom. The van der Waals surface area contributed by atoms with Gasteiger partial charge in [-0.25, -0.2) is 4.68 Å². The van der Waals surface area contributed by atoms with Crippen molar-refractivity contribution in [3.8, 4) is 0 Å². The van der Waals surface area contributed by atoms with Crippen molar-refractivity contribution in [2.45, 2.75) is 51.6 Å². The Kier molecular flexibility index (Phi) is 4.53. The summed E-state index contributed by atoms with van der Waals surface area (Å²) in [5.41, 5.74) is 3.13. The lowest BCUT2D eigenvalue weighted by Gasteiger charge is -2.37. The zero-order chi connectivity index (χ0) is 19.9. The monoisotopic (exact) mass is 374 g/mol. The quantitative estimate of drug-likeness (QED) is 0.658. The zero-order valence-electron chi connectivity index (χ0n) is 16.8. The number of carbonyl (C=O) groups excluding carboxylic acids is 1. The summed E-state index contributed by atoms with van der Waals surface area (Å²) in [5, 5.41) is 4.43. The summed E-state index contributed by atoms with van der Waals surface area (Å²) in [6.07, 6.45) is 2.33. The van der Waals surface area contributed by atoms with Gasteiger partial charge in [-0.3, -0.25) is 9.69 Å². The molecule has 0 aliphatic carbocycles. The molecule has 5 nitrogen and oxygen atoms in total. The molecule has 0 saturated heterocycles. The highest BCUT2D eigenvalue weighted by molar-refractivity contribution is 6.05. The van der Waals surface area contributed by atoms with Crippen LogP contribution in [0.25, 0.3) is 0 Å². The van der Waals surface area contributed by atoms with E-state index in [-0.39, 0.29) is 23.4 Å². The van der Waals surface area contributed by atoms with Crippen LogP contribution in [-0.2, 0) is 5.41 Å². The fraction of sp³-hybridized carbons (Fsp3) is 0.348. The van der Waals surface area contributed by atoms with Crippen LogP contribution >= 0.6 is 0 Å². The second-order valence-electron chi connectivity index (χ2n) is 8.52. The van der Waals surface area contributed by atoms with Crippen molar-refractivity contribution < 1.29 is 4.79 Å². The molecule has 2 atom stereocenters. The molecule has 0 fully saturated rings. The van der Waals surface area contributed by atoms with E-state index in [4.69, 9.17) is 0 Å². The standard InChI is InChI=1S/C23H26N4O/c1-16-14-20(17-8-6-5-7-9-17)27-22(24-15-25-27)26(16)21(28)18-10-12-19(13-11-18)23(2,3)4/h5-13,15-16,20H,14H2,1-4H3/t16-,20+/m0/s1. The van der Waals surface area contributed by atoms with Crippen LogP contribution in [0.4, 0.5) is 5.95 Å². The van der Waals surface area contributed by atoms with Crippen LogP contribution in [0.15, 0.2) is 60.9 Å². The molecule has 1 aromatic heterocycles. The highest BCUT2D eigenvalue weighted by Crippen LogP contribution is 2.35. The third kappa shape index (κ3) is 3.21. The topological polar surface area (TPSA) is 51.0 Å². The van der Waals surface area contributed by atoms with E-state index in [0.717, 1.165) is 6.42 Å². The number of hydrogen-bond acceptors (Lipinski definition) is 3. The fourth-order valence-corrected chi connectivity index (χ4v) is 3.86. The van der Waals surface area contributed by atoms with Gasteiger partial charge in [0.05, 0.1) is 6.04 Å². The average molecular weight is 374 g/mol. The molecule has 2 aromatic carbocycles. The third-order valence-corrected chi connectivity index (χ3v) is 5.47. The van der Waals surface area contributed by atoms with Gasteiger partial charge in [0.25, 0.3) is 5.91 Å². The van der Waals surface area contributed by atoms with Crippen LogP contribution < -0.4 is 4.90 Å². The van der Waals surface area contributed by atoms with E-state index < -0.39 is 0 Å². The number of nitrogens with zero attached hydrogens (tertiary/aromatic N) is 4. The van der Waals surface area contributed by atoms with Gasteiger partial charge in [-0.15, -0.1) is 0 Å². The smallest absolute Gasteiger partial charge is 0.260 e. The molecule has 0 radical (unpaired) electrons. The van der Waals surface area contributed by atoms with Crippen molar-refractivity contribution in [1.29, 1.82) is 0 Å². The molecule has 0 N–H and O–H groups in total. The number of rotatable bonds is 2. The zero-order valence-corrected chi connectivity index (χ0v) is 16.8. The van der Waals surface area contributed by atoms with E-state index >= 15 is 0 Å². The summed E-state index contributed by atoms with van der Waals surface area (Å²) in [6, 6.07) is 18.3. The summed E-state index contributed by atoms with van der Waals surface area (Å²) in [4.78, 5) is 19.5. The molecule has 1 amide bonds. The van der Waals surface area contributed by atoms with Gasteiger partial charge in [0.15, 0.2) is 0 Å². The minimum atomic E-state index is -0.0336. The first-order valence-corrected chi connectivity index (χ1v) is 9.75. The fourth-order valence-electron chi connectivity index (χ4n) is 3.86. The van der Waals surface area contributed by atoms with Crippen LogP contribution in [0.3, 0.4) is 0 Å². The van der Waals surface area contributed by atoms with Crippen LogP contribution in [0.2, 0.25) is 0 Å². The van der Waals surface area contributed by atoms with Gasteiger partial charge in [0.2, 0.25) is 5.95 Å². The number of benzene rings is 2. The van der Waals surface area contributed by atoms with Crippen LogP contribution in [0.5, 0.6) is 0 Å². The number of carbonyl (C=O) groups is 1. The van der Waals surface area contributed by atoms with Crippen molar-refractivity contribution >= 4 is 11.9 Å². The SMILES string of the molecule is C[C@H]1C[C@H](c2ccccc2)n2ncnc2N1C(=O)c1ccc(C(C)(C)C)cc1. The molecule has 1 aliphatic heterocycles. The van der Waals surface area contributed by atoms with E-state index in [1.54, 1.807) is 4.90 Å². The Morgan fingerprint density at radius 2 is 1.71 bits per heavy atom. The molecular weight excluding hydrogens is 348 g/mol. The average Bonchev–Trinajstić information content (AvgIpc) is 3.16. The lowest BCUT2D eigenvalue weighted by Crippen LogP contribution is -2.46. The van der Waals surface area contributed by atoms with E-state index in [2.05, 4.69) is 49.9 Å². The maximum Gasteiger partial charge on any atom is 0.260 e. The molecule has 1 aliphatic rings. The van der Waals surface area contributed by atoms with Crippen LogP contribution in [-0.4, -0.2) is 26.7 Å². The summed E-state index contributed by atoms with van der Waals surface area (Å²) in [6.45, 7) is 8.59. The van der Waals surface area contributed by atoms with E-state index in [0.29, 0.717) is 11.5 Å². The molecule has 0 saturated carbocycles. The van der Waals surface area contributed by atoms with Gasteiger partial charge in [-0.1, -0.05) is 63.2 Å². The van der Waals surface area contributed by atoms with Crippen molar-refractivity contribution in [3.05, 3.63) is 77.6 Å². The second-order valence-corrected chi connectivity index (χ2v) is 8.52. The van der Waals surface area contributed by atoms with E-state index in [1.807, 2.05) is 47.1 Å². The van der Waals surface area contributed by atoms with Crippen molar-refractivity contribution in [1.82, 2.24) is 14.8 Å². The maximum atomic E-state index is 13.3. The highest BCUT2D eigenvalue weighted by atomic mass is 16.2. The predicted molar refractivity (Wildman–Crippen MR) is 111 cm³/mol. The minimum absolute atomic E-state index is 0.0247. The lowest BCUT2D eigenvalue weighted by atomic mass is 9.86. The Hall–Kier alpha value is -2.95. The van der Waals surface area contributed by atoms with Gasteiger partial charge in [0, 0.05) is 11.6 Å². The molecule has 144 valence electrons. The Labute approximate surface area is 166 Å². The third-order valence-electron chi connectivity index (χ3n) is 5.47. The number of hydrogen-bond donors (Lipinski definition) is 0. The minimum Gasteiger partial charge on any atom is -0.274 e. The summed E-state index contributed by atoms with van der Waals surface area (Å²) in [5.74, 6) is 0.575. The molecule has 0 bridgehead atoms. The summed E-state index contributed by atoms with van der Waals surface area (Å²) >= 11 is 0. The first-order chi connectivity index (χ1) is 13.4. The molecule has 28 heavy (non-hydrogen) atoms. The Bertz CT molecular complexity index is 970. The molecule has 5 heteroatoms. The Balaban J connectivity index is 1.67. The molecular formula is C23H26N4O. The van der Waals surface area contributed by atoms with Gasteiger partial charge in [-0.05, 0) is 42.0 Å². The van der Waals surface area contributed by atoms with E-state index in [9.17, 15) is 4.79 Å². The first kappa shape index (κ1) is 18.4. The maximum absolute atomic E-state index is 13.3. The van der Waals surface area contributed by atoms with Crippen molar-refractivity contribution in [2.24, 2.45) is 0 Å². The number of anilines is 1. The van der Waals surface area contributed by atoms with Crippen molar-refractivity contribution in [3.63, 3.8) is 0 Å². The van der Waals surface area contributed by atoms with Crippen molar-refractivity contribution in [2.75, 3.05) is 4.90 Å². The number of aromatic nitrogens is 3. The molecule has 2 heterocycles. The van der Waals surface area contributed by atoms with Gasteiger partial charge >= 0.3 is 0 Å². The second kappa shape index (κ2) is 6.89. The number of amides is 1. The van der Waals surface area contributed by atoms with Gasteiger partial charge in [0.1, 0.15) is 6.33 Å². The van der Waals surface area contributed by atoms with Crippen LogP contribution in [0.1, 0.15) is 61.6 Å². The Morgan fingerprint density at radius 1 is 1.04 bits per heavy atom. The first-order valence-electron chi connectivity index (χ1n) is 9.75. The normalized spacial score (nSPS) is 19.4. The summed E-state index contributed by atoms with van der Waals surface area (Å²) in [7, 11) is 0. The molecule has 0 unspecified atom stereocenters. The van der Waals surface area contributed by atoms with Gasteiger partial charge in [-0.2, -0.15) is 10.1 Å². The summed E-state index contributed by atoms with van der Waals surface area (Å²) < 4.78 is 1.87. The molecule has 3 aromatic rings. The molecule has 0 spiro atoms. The lowest BCUT2D eigenvalue weighted by molar-refractivity contribution is 0.0966. The van der Waals surface area contributed by atoms with E-state index in [1.165, 1.54) is 17.5 Å². The highest BCUT2D eigenvalue weighted by Gasteiger charge is 2.36. The van der Waals surface area contributed by atoms with Crippen LogP contribution in [0, 0.1) is 0 Å².